The van der Waals surface area contributed by atoms with Crippen LogP contribution in [0.1, 0.15) is 22.3 Å². The highest BCUT2D eigenvalue weighted by Gasteiger charge is 2.34. The summed E-state index contributed by atoms with van der Waals surface area (Å²) in [6, 6.07) is 28.9. The SMILES string of the molecule is CNC(=O)C(Cc1ccccc1)N(Cc1ccccc1C)C(=O)CN(c1ccc(Cl)cc1)S(=O)(=O)c1ccc(C)cc1. The Morgan fingerprint density at radius 1 is 0.833 bits per heavy atom. The van der Waals surface area contributed by atoms with Crippen LogP contribution in [0.4, 0.5) is 5.69 Å². The minimum atomic E-state index is -4.16. The standard InChI is InChI=1S/C33H34ClN3O4S/c1-24-13-19-30(20-14-24)42(40,41)37(29-17-15-28(34)16-18-29)23-32(38)36(22-27-12-8-7-9-25(27)2)31(33(39)35-3)21-26-10-5-4-6-11-26/h4-20,31H,21-23H2,1-3H3,(H,35,39). The van der Waals surface area contributed by atoms with E-state index in [1.807, 2.05) is 68.4 Å². The first-order valence-electron chi connectivity index (χ1n) is 13.5. The number of aryl methyl sites for hydroxylation is 2. The molecular weight excluding hydrogens is 570 g/mol. The number of nitrogens with one attached hydrogen (secondary N) is 1. The summed E-state index contributed by atoms with van der Waals surface area (Å²) < 4.78 is 29.1. The van der Waals surface area contributed by atoms with Crippen molar-refractivity contribution in [2.75, 3.05) is 17.9 Å². The molecule has 1 atom stereocenters. The van der Waals surface area contributed by atoms with E-state index < -0.39 is 28.5 Å². The van der Waals surface area contributed by atoms with Crippen LogP contribution in [0.3, 0.4) is 0 Å². The fraction of sp³-hybridized carbons (Fsp3) is 0.212. The van der Waals surface area contributed by atoms with E-state index >= 15 is 0 Å². The van der Waals surface area contributed by atoms with Crippen molar-refractivity contribution in [2.45, 2.75) is 37.8 Å². The van der Waals surface area contributed by atoms with Gasteiger partial charge in [0.25, 0.3) is 10.0 Å². The van der Waals surface area contributed by atoms with Crippen molar-refractivity contribution in [1.82, 2.24) is 10.2 Å². The highest BCUT2D eigenvalue weighted by Crippen LogP contribution is 2.27. The van der Waals surface area contributed by atoms with Gasteiger partial charge in [-0.05, 0) is 66.9 Å². The zero-order chi connectivity index (χ0) is 30.3. The second-order valence-corrected chi connectivity index (χ2v) is 12.4. The van der Waals surface area contributed by atoms with Gasteiger partial charge < -0.3 is 10.2 Å². The molecule has 0 bridgehead atoms. The van der Waals surface area contributed by atoms with Crippen molar-refractivity contribution >= 4 is 39.1 Å². The number of sulfonamides is 1. The average molecular weight is 604 g/mol. The predicted octanol–water partition coefficient (Wildman–Crippen LogP) is 5.54. The quantitative estimate of drug-likeness (QED) is 0.244. The molecule has 4 aromatic rings. The maximum Gasteiger partial charge on any atom is 0.264 e. The van der Waals surface area contributed by atoms with E-state index in [1.54, 1.807) is 36.4 Å². The number of hydrogen-bond donors (Lipinski definition) is 1. The van der Waals surface area contributed by atoms with E-state index in [9.17, 15) is 18.0 Å². The maximum atomic E-state index is 14.3. The molecule has 42 heavy (non-hydrogen) atoms. The van der Waals surface area contributed by atoms with Crippen LogP contribution in [0, 0.1) is 13.8 Å². The first-order chi connectivity index (χ1) is 20.1. The minimum Gasteiger partial charge on any atom is -0.357 e. The maximum absolute atomic E-state index is 14.3. The Bertz CT molecular complexity index is 1630. The molecule has 0 spiro atoms. The number of amides is 2. The summed E-state index contributed by atoms with van der Waals surface area (Å²) in [7, 11) is -2.64. The molecule has 0 radical (unpaired) electrons. The van der Waals surface area contributed by atoms with Gasteiger partial charge in [0.05, 0.1) is 10.6 Å². The van der Waals surface area contributed by atoms with Gasteiger partial charge in [-0.2, -0.15) is 0 Å². The number of rotatable bonds is 11. The minimum absolute atomic E-state index is 0.0495. The molecule has 2 amide bonds. The van der Waals surface area contributed by atoms with Gasteiger partial charge in [0.1, 0.15) is 12.6 Å². The molecule has 218 valence electrons. The summed E-state index contributed by atoms with van der Waals surface area (Å²) in [5.41, 5.74) is 3.86. The van der Waals surface area contributed by atoms with Crippen molar-refractivity contribution in [3.8, 4) is 0 Å². The van der Waals surface area contributed by atoms with E-state index in [4.69, 9.17) is 11.6 Å². The zero-order valence-corrected chi connectivity index (χ0v) is 25.4. The lowest BCUT2D eigenvalue weighted by Crippen LogP contribution is -2.53. The predicted molar refractivity (Wildman–Crippen MR) is 167 cm³/mol. The lowest BCUT2D eigenvalue weighted by atomic mass is 10.0. The molecule has 0 fully saturated rings. The van der Waals surface area contributed by atoms with Gasteiger partial charge in [0.15, 0.2) is 0 Å². The molecule has 9 heteroatoms. The Morgan fingerprint density at radius 2 is 1.45 bits per heavy atom. The van der Waals surface area contributed by atoms with Gasteiger partial charge in [-0.1, -0.05) is 83.9 Å². The topological polar surface area (TPSA) is 86.8 Å². The molecule has 4 rings (SSSR count). The Labute approximate surface area is 252 Å². The van der Waals surface area contributed by atoms with E-state index in [1.165, 1.54) is 24.1 Å². The molecule has 0 saturated heterocycles. The number of anilines is 1. The third kappa shape index (κ3) is 7.38. The van der Waals surface area contributed by atoms with Gasteiger partial charge in [-0.3, -0.25) is 13.9 Å². The number of hydrogen-bond acceptors (Lipinski definition) is 4. The van der Waals surface area contributed by atoms with E-state index in [0.717, 1.165) is 26.6 Å². The molecule has 0 aromatic heterocycles. The van der Waals surface area contributed by atoms with Crippen molar-refractivity contribution in [3.63, 3.8) is 0 Å². The summed E-state index contributed by atoms with van der Waals surface area (Å²) in [6.45, 7) is 3.40. The summed E-state index contributed by atoms with van der Waals surface area (Å²) in [5, 5.41) is 3.13. The fourth-order valence-electron chi connectivity index (χ4n) is 4.67. The van der Waals surface area contributed by atoms with Crippen molar-refractivity contribution in [3.05, 3.63) is 130 Å². The Kier molecular flexibility index (Phi) is 10.0. The van der Waals surface area contributed by atoms with Crippen LogP contribution in [-0.4, -0.2) is 44.8 Å². The van der Waals surface area contributed by atoms with Gasteiger partial charge in [0, 0.05) is 25.0 Å². The lowest BCUT2D eigenvalue weighted by molar-refractivity contribution is -0.139. The van der Waals surface area contributed by atoms with Gasteiger partial charge in [-0.15, -0.1) is 0 Å². The first-order valence-corrected chi connectivity index (χ1v) is 15.4. The molecule has 4 aromatic carbocycles. The number of likely N-dealkylation sites (N-methyl/N-ethyl adjacent to an activating group) is 1. The number of benzene rings is 4. The van der Waals surface area contributed by atoms with Crippen LogP contribution in [-0.2, 0) is 32.6 Å². The van der Waals surface area contributed by atoms with Crippen LogP contribution in [0.2, 0.25) is 5.02 Å². The largest absolute Gasteiger partial charge is 0.357 e. The Balaban J connectivity index is 1.79. The smallest absolute Gasteiger partial charge is 0.264 e. The van der Waals surface area contributed by atoms with Crippen molar-refractivity contribution in [1.29, 1.82) is 0 Å². The molecule has 0 aliphatic heterocycles. The second kappa shape index (κ2) is 13.7. The second-order valence-electron chi connectivity index (χ2n) is 10.1. The summed E-state index contributed by atoms with van der Waals surface area (Å²) in [6.07, 6.45) is 0.254. The first kappa shape index (κ1) is 30.8. The number of carbonyl (C=O) groups is 2. The molecule has 0 aliphatic rings. The van der Waals surface area contributed by atoms with Crippen LogP contribution in [0.5, 0.6) is 0 Å². The van der Waals surface area contributed by atoms with Gasteiger partial charge in [0.2, 0.25) is 11.8 Å². The number of carbonyl (C=O) groups excluding carboxylic acids is 2. The molecular formula is C33H34ClN3O4S. The molecule has 0 aliphatic carbocycles. The average Bonchev–Trinajstić information content (AvgIpc) is 2.99. The Morgan fingerprint density at radius 3 is 2.07 bits per heavy atom. The van der Waals surface area contributed by atoms with Crippen molar-refractivity contribution in [2.24, 2.45) is 0 Å². The Hall–Kier alpha value is -4.14. The van der Waals surface area contributed by atoms with E-state index in [2.05, 4.69) is 5.32 Å². The van der Waals surface area contributed by atoms with E-state index in [-0.39, 0.29) is 29.5 Å². The monoisotopic (exact) mass is 603 g/mol. The molecule has 7 nitrogen and oxygen atoms in total. The fourth-order valence-corrected chi connectivity index (χ4v) is 6.21. The number of nitrogens with zero attached hydrogens (tertiary/aromatic N) is 2. The van der Waals surface area contributed by atoms with E-state index in [0.29, 0.717) is 5.02 Å². The lowest BCUT2D eigenvalue weighted by Gasteiger charge is -2.34. The van der Waals surface area contributed by atoms with Gasteiger partial charge >= 0.3 is 0 Å². The molecule has 1 N–H and O–H groups in total. The third-order valence-electron chi connectivity index (χ3n) is 7.12. The van der Waals surface area contributed by atoms with Crippen LogP contribution in [0.15, 0.2) is 108 Å². The van der Waals surface area contributed by atoms with Crippen LogP contribution >= 0.6 is 11.6 Å². The highest BCUT2D eigenvalue weighted by atomic mass is 35.5. The van der Waals surface area contributed by atoms with Crippen LogP contribution < -0.4 is 9.62 Å². The van der Waals surface area contributed by atoms with Crippen LogP contribution in [0.25, 0.3) is 0 Å². The molecule has 0 saturated carbocycles. The highest BCUT2D eigenvalue weighted by molar-refractivity contribution is 7.92. The molecule has 0 heterocycles. The summed E-state index contributed by atoms with van der Waals surface area (Å²) >= 11 is 6.11. The zero-order valence-electron chi connectivity index (χ0n) is 23.8. The van der Waals surface area contributed by atoms with Crippen molar-refractivity contribution < 1.29 is 18.0 Å². The molecule has 1 unspecified atom stereocenters. The number of halogens is 1. The summed E-state index contributed by atoms with van der Waals surface area (Å²) in [4.78, 5) is 29.2. The third-order valence-corrected chi connectivity index (χ3v) is 9.16. The van der Waals surface area contributed by atoms with Gasteiger partial charge in [-0.25, -0.2) is 8.42 Å². The summed E-state index contributed by atoms with van der Waals surface area (Å²) in [5.74, 6) is -0.867. The normalized spacial score (nSPS) is 11.9.